The van der Waals surface area contributed by atoms with E-state index in [0.717, 1.165) is 24.3 Å². The Kier molecular flexibility index (Phi) is 4.94. The fourth-order valence-electron chi connectivity index (χ4n) is 2.58. The summed E-state index contributed by atoms with van der Waals surface area (Å²) in [6.07, 6.45) is 0.697. The monoisotopic (exact) mass is 316 g/mol. The second kappa shape index (κ2) is 6.33. The number of nitrogens with zero attached hydrogens (tertiary/aromatic N) is 1. The van der Waals surface area contributed by atoms with Crippen LogP contribution in [-0.2, 0) is 16.4 Å². The van der Waals surface area contributed by atoms with E-state index in [2.05, 4.69) is 17.1 Å². The number of anilines is 1. The zero-order valence-electron chi connectivity index (χ0n) is 11.9. The number of sulfone groups is 1. The first-order valence-electron chi connectivity index (χ1n) is 6.85. The van der Waals surface area contributed by atoms with E-state index in [1.54, 1.807) is 0 Å². The van der Waals surface area contributed by atoms with E-state index in [9.17, 15) is 8.42 Å². The Hall–Kier alpha value is -0.780. The molecule has 0 aliphatic carbocycles. The molecule has 1 heterocycles. The Morgan fingerprint density at radius 1 is 1.45 bits per heavy atom. The molecular formula is C14H21ClN2O2S. The first kappa shape index (κ1) is 15.6. The predicted octanol–water partition coefficient (Wildman–Crippen LogP) is 2.07. The normalized spacial score (nSPS) is 21.1. The van der Waals surface area contributed by atoms with Gasteiger partial charge in [0.15, 0.2) is 9.84 Å². The Bertz CT molecular complexity index is 575. The van der Waals surface area contributed by atoms with Crippen molar-refractivity contribution in [1.82, 2.24) is 5.32 Å². The lowest BCUT2D eigenvalue weighted by molar-refractivity contribution is 0.600. The Morgan fingerprint density at radius 2 is 2.20 bits per heavy atom. The van der Waals surface area contributed by atoms with Crippen LogP contribution in [0.25, 0.3) is 0 Å². The fraction of sp³-hybridized carbons (Fsp3) is 0.571. The average Bonchev–Trinajstić information content (AvgIpc) is 2.76. The molecule has 4 nitrogen and oxygen atoms in total. The molecule has 1 aliphatic heterocycles. The highest BCUT2D eigenvalue weighted by molar-refractivity contribution is 7.91. The molecule has 0 amide bonds. The molecule has 1 aromatic rings. The van der Waals surface area contributed by atoms with Crippen molar-refractivity contribution in [1.29, 1.82) is 0 Å². The molecule has 0 radical (unpaired) electrons. The maximum atomic E-state index is 11.6. The van der Waals surface area contributed by atoms with E-state index in [-0.39, 0.29) is 17.5 Å². The van der Waals surface area contributed by atoms with Crippen molar-refractivity contribution in [2.75, 3.05) is 30.0 Å². The third kappa shape index (κ3) is 3.65. The molecule has 0 aromatic heterocycles. The van der Waals surface area contributed by atoms with Crippen molar-refractivity contribution >= 4 is 27.1 Å². The number of hydrogen-bond acceptors (Lipinski definition) is 4. The minimum atomic E-state index is -2.87. The summed E-state index contributed by atoms with van der Waals surface area (Å²) in [6.45, 7) is 3.67. The van der Waals surface area contributed by atoms with Gasteiger partial charge in [-0.1, -0.05) is 18.5 Å². The summed E-state index contributed by atoms with van der Waals surface area (Å²) in [6, 6.07) is 5.83. The quantitative estimate of drug-likeness (QED) is 0.903. The van der Waals surface area contributed by atoms with Crippen LogP contribution in [0.2, 0.25) is 5.02 Å². The number of rotatable bonds is 5. The van der Waals surface area contributed by atoms with Crippen molar-refractivity contribution in [2.24, 2.45) is 0 Å². The summed E-state index contributed by atoms with van der Waals surface area (Å²) >= 11 is 6.06. The van der Waals surface area contributed by atoms with Gasteiger partial charge < -0.3 is 10.2 Å². The Morgan fingerprint density at radius 3 is 2.80 bits per heavy atom. The summed E-state index contributed by atoms with van der Waals surface area (Å²) in [5.41, 5.74) is 2.16. The van der Waals surface area contributed by atoms with Gasteiger partial charge in [0.2, 0.25) is 0 Å². The van der Waals surface area contributed by atoms with E-state index in [1.807, 2.05) is 25.2 Å². The highest BCUT2D eigenvalue weighted by Crippen LogP contribution is 2.28. The van der Waals surface area contributed by atoms with E-state index in [1.165, 1.54) is 0 Å². The van der Waals surface area contributed by atoms with Crippen molar-refractivity contribution in [3.05, 3.63) is 28.8 Å². The lowest BCUT2D eigenvalue weighted by Gasteiger charge is -2.28. The molecule has 1 aromatic carbocycles. The molecule has 1 aliphatic rings. The van der Waals surface area contributed by atoms with Gasteiger partial charge in [0.1, 0.15) is 0 Å². The number of halogens is 1. The van der Waals surface area contributed by atoms with E-state index >= 15 is 0 Å². The molecule has 112 valence electrons. The molecule has 1 fully saturated rings. The molecule has 1 atom stereocenters. The zero-order valence-corrected chi connectivity index (χ0v) is 13.5. The van der Waals surface area contributed by atoms with Gasteiger partial charge in [-0.25, -0.2) is 8.42 Å². The van der Waals surface area contributed by atoms with Crippen LogP contribution < -0.4 is 10.2 Å². The SMILES string of the molecule is CCNCc1cc(Cl)ccc1N(C)C1CCS(=O)(=O)C1. The van der Waals surface area contributed by atoms with Gasteiger partial charge in [-0.15, -0.1) is 0 Å². The molecule has 0 saturated carbocycles. The van der Waals surface area contributed by atoms with Crippen LogP contribution in [0.4, 0.5) is 5.69 Å². The molecule has 0 spiro atoms. The van der Waals surface area contributed by atoms with Crippen molar-refractivity contribution in [3.63, 3.8) is 0 Å². The van der Waals surface area contributed by atoms with Crippen LogP contribution in [0.5, 0.6) is 0 Å². The summed E-state index contributed by atoms with van der Waals surface area (Å²) in [7, 11) is -0.907. The van der Waals surface area contributed by atoms with Gasteiger partial charge in [0, 0.05) is 30.3 Å². The Balaban J connectivity index is 2.22. The summed E-state index contributed by atoms with van der Waals surface area (Å²) in [4.78, 5) is 2.08. The van der Waals surface area contributed by atoms with Crippen LogP contribution >= 0.6 is 11.6 Å². The first-order valence-corrected chi connectivity index (χ1v) is 9.05. The van der Waals surface area contributed by atoms with Crippen molar-refractivity contribution in [2.45, 2.75) is 25.9 Å². The maximum Gasteiger partial charge on any atom is 0.152 e. The van der Waals surface area contributed by atoms with E-state index in [4.69, 9.17) is 11.6 Å². The highest BCUT2D eigenvalue weighted by atomic mass is 35.5. The second-order valence-electron chi connectivity index (χ2n) is 5.22. The molecule has 1 saturated heterocycles. The van der Waals surface area contributed by atoms with Crippen LogP contribution in [0.1, 0.15) is 18.9 Å². The minimum Gasteiger partial charge on any atom is -0.370 e. The molecule has 2 rings (SSSR count). The third-order valence-corrected chi connectivity index (χ3v) is 5.73. The lowest BCUT2D eigenvalue weighted by Crippen LogP contribution is -2.33. The minimum absolute atomic E-state index is 0.0570. The molecule has 1 N–H and O–H groups in total. The molecule has 1 unspecified atom stereocenters. The van der Waals surface area contributed by atoms with Crippen LogP contribution in [0, 0.1) is 0 Å². The zero-order chi connectivity index (χ0) is 14.8. The van der Waals surface area contributed by atoms with E-state index in [0.29, 0.717) is 11.4 Å². The predicted molar refractivity (Wildman–Crippen MR) is 84.3 cm³/mol. The first-order chi connectivity index (χ1) is 9.43. The molecular weight excluding hydrogens is 296 g/mol. The van der Waals surface area contributed by atoms with Gasteiger partial charge in [-0.2, -0.15) is 0 Å². The number of nitrogens with one attached hydrogen (secondary N) is 1. The smallest absolute Gasteiger partial charge is 0.152 e. The van der Waals surface area contributed by atoms with Crippen LogP contribution in [0.15, 0.2) is 18.2 Å². The number of benzene rings is 1. The Labute approximate surface area is 126 Å². The van der Waals surface area contributed by atoms with E-state index < -0.39 is 9.84 Å². The summed E-state index contributed by atoms with van der Waals surface area (Å²) < 4.78 is 23.3. The van der Waals surface area contributed by atoms with Crippen LogP contribution in [-0.4, -0.2) is 39.6 Å². The molecule has 0 bridgehead atoms. The molecule has 20 heavy (non-hydrogen) atoms. The summed E-state index contributed by atoms with van der Waals surface area (Å²) in [5.74, 6) is 0.533. The topological polar surface area (TPSA) is 49.4 Å². The maximum absolute atomic E-state index is 11.6. The van der Waals surface area contributed by atoms with Gasteiger partial charge >= 0.3 is 0 Å². The fourth-order valence-corrected chi connectivity index (χ4v) is 4.55. The van der Waals surface area contributed by atoms with Gasteiger partial charge in [0.05, 0.1) is 11.5 Å². The highest BCUT2D eigenvalue weighted by Gasteiger charge is 2.31. The van der Waals surface area contributed by atoms with Crippen molar-refractivity contribution in [3.8, 4) is 0 Å². The summed E-state index contributed by atoms with van der Waals surface area (Å²) in [5, 5.41) is 3.99. The standard InChI is InChI=1S/C14H21ClN2O2S/c1-3-16-9-11-8-12(15)4-5-14(11)17(2)13-6-7-20(18,19)10-13/h4-5,8,13,16H,3,6-7,9-10H2,1-2H3. The van der Waals surface area contributed by atoms with Gasteiger partial charge in [-0.3, -0.25) is 0 Å². The van der Waals surface area contributed by atoms with Gasteiger partial charge in [-0.05, 0) is 36.7 Å². The largest absolute Gasteiger partial charge is 0.370 e. The van der Waals surface area contributed by atoms with Crippen LogP contribution in [0.3, 0.4) is 0 Å². The lowest BCUT2D eigenvalue weighted by atomic mass is 10.1. The second-order valence-corrected chi connectivity index (χ2v) is 7.89. The van der Waals surface area contributed by atoms with Crippen molar-refractivity contribution < 1.29 is 8.42 Å². The third-order valence-electron chi connectivity index (χ3n) is 3.74. The average molecular weight is 317 g/mol. The number of hydrogen-bond donors (Lipinski definition) is 1. The van der Waals surface area contributed by atoms with Gasteiger partial charge in [0.25, 0.3) is 0 Å². The molecule has 6 heteroatoms.